The second kappa shape index (κ2) is 8.25. The predicted octanol–water partition coefficient (Wildman–Crippen LogP) is 4.53. The predicted molar refractivity (Wildman–Crippen MR) is 100 cm³/mol. The Hall–Kier alpha value is -2.94. The van der Waals surface area contributed by atoms with Gasteiger partial charge < -0.3 is 4.90 Å². The number of hydrogen-bond donors (Lipinski definition) is 0. The van der Waals surface area contributed by atoms with E-state index in [9.17, 15) is 4.79 Å². The minimum atomic E-state index is -0.0127. The molecule has 0 saturated heterocycles. The first kappa shape index (κ1) is 16.9. The van der Waals surface area contributed by atoms with Crippen molar-refractivity contribution in [2.75, 3.05) is 6.54 Å². The van der Waals surface area contributed by atoms with Crippen LogP contribution >= 0.6 is 0 Å². The molecule has 1 heterocycles. The molecule has 1 atom stereocenters. The minimum Gasteiger partial charge on any atom is -0.332 e. The van der Waals surface area contributed by atoms with Gasteiger partial charge in [-0.25, -0.2) is 0 Å². The van der Waals surface area contributed by atoms with Gasteiger partial charge in [0.2, 0.25) is 0 Å². The number of amides is 1. The Morgan fingerprint density at radius 2 is 1.64 bits per heavy atom. The number of aromatic nitrogens is 1. The van der Waals surface area contributed by atoms with E-state index in [4.69, 9.17) is 0 Å². The van der Waals surface area contributed by atoms with Gasteiger partial charge in [0.1, 0.15) is 0 Å². The van der Waals surface area contributed by atoms with E-state index in [0.717, 1.165) is 12.0 Å². The van der Waals surface area contributed by atoms with Crippen molar-refractivity contribution in [1.82, 2.24) is 9.88 Å². The van der Waals surface area contributed by atoms with Crippen molar-refractivity contribution < 1.29 is 4.79 Å². The zero-order chi connectivity index (χ0) is 17.5. The first-order valence-electron chi connectivity index (χ1n) is 8.59. The minimum absolute atomic E-state index is 0.0127. The zero-order valence-electron chi connectivity index (χ0n) is 14.4. The summed E-state index contributed by atoms with van der Waals surface area (Å²) in [5.41, 5.74) is 2.98. The Labute approximate surface area is 149 Å². The van der Waals surface area contributed by atoms with Crippen molar-refractivity contribution in [3.05, 3.63) is 102 Å². The van der Waals surface area contributed by atoms with Crippen LogP contribution in [0, 0.1) is 0 Å². The lowest BCUT2D eigenvalue weighted by Gasteiger charge is -2.31. The summed E-state index contributed by atoms with van der Waals surface area (Å²) in [4.78, 5) is 19.1. The normalized spacial score (nSPS) is 11.7. The van der Waals surface area contributed by atoms with Crippen molar-refractivity contribution in [2.24, 2.45) is 0 Å². The van der Waals surface area contributed by atoms with Gasteiger partial charge in [-0.1, -0.05) is 60.7 Å². The molecule has 2 aromatic carbocycles. The van der Waals surface area contributed by atoms with E-state index in [1.54, 1.807) is 18.5 Å². The van der Waals surface area contributed by atoms with Crippen LogP contribution < -0.4 is 0 Å². The number of carbonyl (C=O) groups excluding carboxylic acids is 1. The quantitative estimate of drug-likeness (QED) is 0.665. The number of rotatable bonds is 6. The first-order chi connectivity index (χ1) is 12.3. The molecule has 0 aliphatic carbocycles. The number of likely N-dealkylation sites (N-methyl/N-ethyl adjacent to an activating group) is 1. The van der Waals surface area contributed by atoms with Crippen molar-refractivity contribution >= 4 is 5.91 Å². The summed E-state index contributed by atoms with van der Waals surface area (Å²) in [6, 6.07) is 24.1. The summed E-state index contributed by atoms with van der Waals surface area (Å²) in [6.45, 7) is 2.66. The number of pyridine rings is 1. The zero-order valence-corrected chi connectivity index (χ0v) is 14.4. The van der Waals surface area contributed by atoms with E-state index in [1.807, 2.05) is 54.3 Å². The molecule has 3 nitrogen and oxygen atoms in total. The van der Waals surface area contributed by atoms with Crippen LogP contribution in [-0.4, -0.2) is 22.3 Å². The molecule has 3 heteroatoms. The highest BCUT2D eigenvalue weighted by Gasteiger charge is 2.25. The van der Waals surface area contributed by atoms with Crippen LogP contribution in [0.4, 0.5) is 0 Å². The van der Waals surface area contributed by atoms with Gasteiger partial charge >= 0.3 is 0 Å². The highest BCUT2D eigenvalue weighted by Crippen LogP contribution is 2.26. The number of benzene rings is 2. The first-order valence-corrected chi connectivity index (χ1v) is 8.59. The van der Waals surface area contributed by atoms with Gasteiger partial charge in [0.25, 0.3) is 5.91 Å². The van der Waals surface area contributed by atoms with Crippen molar-refractivity contribution in [1.29, 1.82) is 0 Å². The van der Waals surface area contributed by atoms with Crippen LogP contribution in [0.25, 0.3) is 0 Å². The maximum atomic E-state index is 13.1. The lowest BCUT2D eigenvalue weighted by atomic mass is 9.96. The van der Waals surface area contributed by atoms with Crippen LogP contribution in [-0.2, 0) is 6.42 Å². The molecule has 0 unspecified atom stereocenters. The van der Waals surface area contributed by atoms with Gasteiger partial charge in [0, 0.05) is 18.9 Å². The van der Waals surface area contributed by atoms with Crippen molar-refractivity contribution in [3.63, 3.8) is 0 Å². The fourth-order valence-corrected chi connectivity index (χ4v) is 3.08. The third kappa shape index (κ3) is 4.13. The van der Waals surface area contributed by atoms with Crippen molar-refractivity contribution in [3.8, 4) is 0 Å². The summed E-state index contributed by atoms with van der Waals surface area (Å²) in [6.07, 6.45) is 4.10. The number of hydrogen-bond acceptors (Lipinski definition) is 2. The summed E-state index contributed by atoms with van der Waals surface area (Å²) in [5, 5.41) is 0. The van der Waals surface area contributed by atoms with E-state index in [2.05, 4.69) is 29.2 Å². The van der Waals surface area contributed by atoms with Crippen LogP contribution in [0.2, 0.25) is 0 Å². The third-order valence-electron chi connectivity index (χ3n) is 4.34. The van der Waals surface area contributed by atoms with Gasteiger partial charge in [-0.3, -0.25) is 9.78 Å². The smallest absolute Gasteiger partial charge is 0.255 e. The molecule has 3 aromatic rings. The average Bonchev–Trinajstić information content (AvgIpc) is 2.70. The Morgan fingerprint density at radius 1 is 0.960 bits per heavy atom. The van der Waals surface area contributed by atoms with E-state index < -0.39 is 0 Å². The van der Waals surface area contributed by atoms with E-state index >= 15 is 0 Å². The summed E-state index contributed by atoms with van der Waals surface area (Å²) in [7, 11) is 0. The summed E-state index contributed by atoms with van der Waals surface area (Å²) in [5.74, 6) is 0.0142. The van der Waals surface area contributed by atoms with Gasteiger partial charge in [-0.2, -0.15) is 0 Å². The van der Waals surface area contributed by atoms with Crippen LogP contribution in [0.15, 0.2) is 85.2 Å². The Balaban J connectivity index is 1.95. The lowest BCUT2D eigenvalue weighted by Crippen LogP contribution is -2.36. The largest absolute Gasteiger partial charge is 0.332 e. The molecule has 0 aliphatic rings. The number of carbonyl (C=O) groups is 1. The molecule has 0 fully saturated rings. The highest BCUT2D eigenvalue weighted by molar-refractivity contribution is 5.94. The Bertz CT molecular complexity index is 788. The SMILES string of the molecule is CCN(C(=O)c1cccnc1)[C@@H](Cc1ccccc1)c1ccccc1. The van der Waals surface area contributed by atoms with Crippen LogP contribution in [0.3, 0.4) is 0 Å². The van der Waals surface area contributed by atoms with Gasteiger partial charge in [0.15, 0.2) is 0 Å². The molecule has 1 amide bonds. The molecule has 0 bridgehead atoms. The highest BCUT2D eigenvalue weighted by atomic mass is 16.2. The molecule has 0 spiro atoms. The fourth-order valence-electron chi connectivity index (χ4n) is 3.08. The van der Waals surface area contributed by atoms with Gasteiger partial charge in [0.05, 0.1) is 11.6 Å². The van der Waals surface area contributed by atoms with Crippen LogP contribution in [0.5, 0.6) is 0 Å². The molecule has 3 rings (SSSR count). The maximum Gasteiger partial charge on any atom is 0.255 e. The average molecular weight is 330 g/mol. The standard InChI is InChI=1S/C22H22N2O/c1-2-24(22(25)20-14-9-15-23-17-20)21(19-12-7-4-8-13-19)16-18-10-5-3-6-11-18/h3-15,17,21H,2,16H2,1H3/t21-/m0/s1. The van der Waals surface area contributed by atoms with Gasteiger partial charge in [-0.15, -0.1) is 0 Å². The second-order valence-electron chi connectivity index (χ2n) is 5.95. The molecule has 0 radical (unpaired) electrons. The number of nitrogens with zero attached hydrogens (tertiary/aromatic N) is 2. The fraction of sp³-hybridized carbons (Fsp3) is 0.182. The van der Waals surface area contributed by atoms with Crippen LogP contribution in [0.1, 0.15) is 34.5 Å². The lowest BCUT2D eigenvalue weighted by molar-refractivity contribution is 0.0686. The maximum absolute atomic E-state index is 13.1. The molecule has 0 aliphatic heterocycles. The third-order valence-corrected chi connectivity index (χ3v) is 4.34. The molecule has 0 saturated carbocycles. The molecular weight excluding hydrogens is 308 g/mol. The van der Waals surface area contributed by atoms with Gasteiger partial charge in [-0.05, 0) is 36.6 Å². The Morgan fingerprint density at radius 3 is 2.24 bits per heavy atom. The van der Waals surface area contributed by atoms with E-state index in [1.165, 1.54) is 5.56 Å². The van der Waals surface area contributed by atoms with E-state index in [-0.39, 0.29) is 11.9 Å². The molecule has 0 N–H and O–H groups in total. The molecule has 1 aromatic heterocycles. The summed E-state index contributed by atoms with van der Waals surface area (Å²) >= 11 is 0. The molecule has 126 valence electrons. The Kier molecular flexibility index (Phi) is 5.57. The van der Waals surface area contributed by atoms with E-state index in [0.29, 0.717) is 12.1 Å². The topological polar surface area (TPSA) is 33.2 Å². The summed E-state index contributed by atoms with van der Waals surface area (Å²) < 4.78 is 0. The monoisotopic (exact) mass is 330 g/mol. The van der Waals surface area contributed by atoms with Crippen molar-refractivity contribution in [2.45, 2.75) is 19.4 Å². The second-order valence-corrected chi connectivity index (χ2v) is 5.95. The molecular formula is C22H22N2O. The molecule has 25 heavy (non-hydrogen) atoms.